The molecule has 6 nitrogen and oxygen atoms in total. The van der Waals surface area contributed by atoms with Crippen molar-refractivity contribution in [2.24, 2.45) is 0 Å². The maximum absolute atomic E-state index is 13.6. The summed E-state index contributed by atoms with van der Waals surface area (Å²) >= 11 is 0. The molecule has 0 spiro atoms. The minimum Gasteiger partial charge on any atom is -0.453 e. The second-order valence-corrected chi connectivity index (χ2v) is 9.53. The summed E-state index contributed by atoms with van der Waals surface area (Å²) in [5, 5.41) is 0. The molecule has 1 heterocycles. The Balaban J connectivity index is 2.17. The summed E-state index contributed by atoms with van der Waals surface area (Å²) in [5.74, 6) is 0. The third-order valence-electron chi connectivity index (χ3n) is 6.21. The van der Waals surface area contributed by atoms with Gasteiger partial charge in [-0.15, -0.1) is 0 Å². The molecule has 0 bridgehead atoms. The van der Waals surface area contributed by atoms with E-state index in [1.807, 2.05) is 0 Å². The molecule has 2 amide bonds. The van der Waals surface area contributed by atoms with E-state index >= 15 is 0 Å². The first-order valence-corrected chi connectivity index (χ1v) is 12.1. The van der Waals surface area contributed by atoms with Crippen LogP contribution in [0.5, 0.6) is 0 Å². The van der Waals surface area contributed by atoms with E-state index < -0.39 is 71.7 Å². The van der Waals surface area contributed by atoms with E-state index in [4.69, 9.17) is 9.47 Å². The zero-order valence-electron chi connectivity index (χ0n) is 21.9. The molecule has 0 saturated heterocycles. The Hall–Kier alpha value is -3.65. The molecule has 1 aliphatic rings. The number of hydrogen-bond acceptors (Lipinski definition) is 4. The summed E-state index contributed by atoms with van der Waals surface area (Å²) in [7, 11) is 0.930. The monoisotopic (exact) mass is 600 g/mol. The van der Waals surface area contributed by atoms with Gasteiger partial charge in [-0.25, -0.2) is 9.59 Å². The van der Waals surface area contributed by atoms with Crippen LogP contribution in [0, 0.1) is 0 Å². The Morgan fingerprint density at radius 3 is 1.95 bits per heavy atom. The number of halogens is 9. The van der Waals surface area contributed by atoms with Crippen LogP contribution in [0.25, 0.3) is 0 Å². The van der Waals surface area contributed by atoms with E-state index in [9.17, 15) is 49.1 Å². The Bertz CT molecular complexity index is 1240. The Kier molecular flexibility index (Phi) is 9.08. The van der Waals surface area contributed by atoms with Gasteiger partial charge in [0.15, 0.2) is 0 Å². The fourth-order valence-corrected chi connectivity index (χ4v) is 4.46. The quantitative estimate of drug-likeness (QED) is 0.332. The first kappa shape index (κ1) is 31.9. The fourth-order valence-electron chi connectivity index (χ4n) is 4.46. The van der Waals surface area contributed by atoms with Gasteiger partial charge in [-0.1, -0.05) is 6.07 Å². The van der Waals surface area contributed by atoms with Crippen molar-refractivity contribution in [2.45, 2.75) is 63.9 Å². The summed E-state index contributed by atoms with van der Waals surface area (Å²) in [4.78, 5) is 27.4. The Morgan fingerprint density at radius 1 is 0.902 bits per heavy atom. The number of amides is 2. The normalized spacial score (nSPS) is 16.2. The molecule has 1 atom stereocenters. The highest BCUT2D eigenvalue weighted by Gasteiger charge is 2.40. The lowest BCUT2D eigenvalue weighted by atomic mass is 9.97. The second kappa shape index (κ2) is 11.7. The molecule has 41 heavy (non-hydrogen) atoms. The molecule has 226 valence electrons. The molecule has 0 fully saturated rings. The average Bonchev–Trinajstić information content (AvgIpc) is 3.04. The SMILES string of the molecule is COC(=O)N(Cc1cc(C(F)(F)F)cc(C(F)(F)F)c1)C1CCCN(C(=O)OC(C)C)c2cc(C(F)(F)F)ccc21. The van der Waals surface area contributed by atoms with Gasteiger partial charge in [0.1, 0.15) is 0 Å². The number of hydrogen-bond donors (Lipinski definition) is 0. The smallest absolute Gasteiger partial charge is 0.416 e. The third-order valence-corrected chi connectivity index (χ3v) is 6.21. The molecule has 0 aromatic heterocycles. The molecule has 2 aromatic carbocycles. The maximum atomic E-state index is 13.6. The molecular formula is C26H25F9N2O4. The van der Waals surface area contributed by atoms with Crippen LogP contribution in [0.3, 0.4) is 0 Å². The van der Waals surface area contributed by atoms with Gasteiger partial charge in [0, 0.05) is 13.1 Å². The number of benzene rings is 2. The van der Waals surface area contributed by atoms with Crippen molar-refractivity contribution in [1.82, 2.24) is 4.90 Å². The van der Waals surface area contributed by atoms with Crippen LogP contribution in [0.2, 0.25) is 0 Å². The number of rotatable bonds is 4. The van der Waals surface area contributed by atoms with Gasteiger partial charge in [0.2, 0.25) is 0 Å². The van der Waals surface area contributed by atoms with Crippen molar-refractivity contribution in [3.63, 3.8) is 0 Å². The Labute approximate surface area is 228 Å². The van der Waals surface area contributed by atoms with Crippen molar-refractivity contribution < 1.29 is 58.6 Å². The lowest BCUT2D eigenvalue weighted by Gasteiger charge is -2.32. The number of methoxy groups -OCH3 is 1. The molecule has 2 aromatic rings. The maximum Gasteiger partial charge on any atom is 0.416 e. The molecule has 0 saturated carbocycles. The highest BCUT2D eigenvalue weighted by molar-refractivity contribution is 5.89. The molecule has 3 rings (SSSR count). The van der Waals surface area contributed by atoms with Crippen LogP contribution in [0.15, 0.2) is 36.4 Å². The summed E-state index contributed by atoms with van der Waals surface area (Å²) in [6.45, 7) is 2.08. The number of nitrogens with zero attached hydrogens (tertiary/aromatic N) is 2. The standard InChI is InChI=1S/C26H25F9N2O4/c1-14(2)41-23(39)36-8-4-5-20(19-7-6-16(12-21(19)36)24(27,28)29)37(22(38)40-3)13-15-9-17(25(30,31)32)11-18(10-15)26(33,34)35/h6-7,9-12,14,20H,4-5,8,13H2,1-3H3. The van der Waals surface area contributed by atoms with Gasteiger partial charge < -0.3 is 9.47 Å². The predicted octanol–water partition coefficient (Wildman–Crippen LogP) is 8.20. The number of ether oxygens (including phenoxy) is 2. The fraction of sp³-hybridized carbons (Fsp3) is 0.462. The molecule has 0 aliphatic carbocycles. The lowest BCUT2D eigenvalue weighted by Crippen LogP contribution is -2.35. The zero-order chi connectivity index (χ0) is 30.9. The van der Waals surface area contributed by atoms with E-state index in [2.05, 4.69) is 0 Å². The molecule has 1 aliphatic heterocycles. The number of alkyl halides is 9. The Morgan fingerprint density at radius 2 is 1.46 bits per heavy atom. The van der Waals surface area contributed by atoms with E-state index in [0.717, 1.165) is 23.0 Å². The van der Waals surface area contributed by atoms with Gasteiger partial charge in [-0.05, 0) is 68.1 Å². The van der Waals surface area contributed by atoms with Gasteiger partial charge >= 0.3 is 30.7 Å². The minimum atomic E-state index is -5.15. The number of anilines is 1. The van der Waals surface area contributed by atoms with Gasteiger partial charge in [0.05, 0.1) is 41.6 Å². The van der Waals surface area contributed by atoms with Crippen molar-refractivity contribution in [1.29, 1.82) is 0 Å². The van der Waals surface area contributed by atoms with Crippen LogP contribution in [0.1, 0.15) is 60.5 Å². The van der Waals surface area contributed by atoms with E-state index in [-0.39, 0.29) is 36.7 Å². The number of fused-ring (bicyclic) bond motifs is 1. The topological polar surface area (TPSA) is 59.1 Å². The van der Waals surface area contributed by atoms with Crippen LogP contribution in [0.4, 0.5) is 54.8 Å². The van der Waals surface area contributed by atoms with Crippen LogP contribution < -0.4 is 4.90 Å². The molecule has 1 unspecified atom stereocenters. The summed E-state index contributed by atoms with van der Waals surface area (Å²) < 4.78 is 131. The van der Waals surface area contributed by atoms with Gasteiger partial charge in [0.25, 0.3) is 0 Å². The predicted molar refractivity (Wildman–Crippen MR) is 127 cm³/mol. The summed E-state index contributed by atoms with van der Waals surface area (Å²) in [6, 6.07) is 2.02. The minimum absolute atomic E-state index is 0.00960. The average molecular weight is 600 g/mol. The zero-order valence-corrected chi connectivity index (χ0v) is 21.9. The van der Waals surface area contributed by atoms with Crippen LogP contribution in [-0.2, 0) is 34.5 Å². The molecule has 0 N–H and O–H groups in total. The first-order valence-electron chi connectivity index (χ1n) is 12.1. The summed E-state index contributed by atoms with van der Waals surface area (Å²) in [6.07, 6.45) is -17.8. The number of carbonyl (C=O) groups is 2. The van der Waals surface area contributed by atoms with Crippen molar-refractivity contribution in [3.8, 4) is 0 Å². The first-order chi connectivity index (χ1) is 18.8. The molecular weight excluding hydrogens is 575 g/mol. The molecule has 15 heteroatoms. The highest BCUT2D eigenvalue weighted by atomic mass is 19.4. The summed E-state index contributed by atoms with van der Waals surface area (Å²) in [5.41, 5.74) is -5.17. The highest BCUT2D eigenvalue weighted by Crippen LogP contribution is 2.42. The van der Waals surface area contributed by atoms with Gasteiger partial charge in [-0.3, -0.25) is 9.80 Å². The second-order valence-electron chi connectivity index (χ2n) is 9.53. The third kappa shape index (κ3) is 7.55. The van der Waals surface area contributed by atoms with E-state index in [1.54, 1.807) is 0 Å². The van der Waals surface area contributed by atoms with E-state index in [0.29, 0.717) is 24.3 Å². The number of carbonyl (C=O) groups excluding carboxylic acids is 2. The van der Waals surface area contributed by atoms with Crippen molar-refractivity contribution >= 4 is 17.9 Å². The van der Waals surface area contributed by atoms with Crippen molar-refractivity contribution in [3.05, 3.63) is 64.2 Å². The van der Waals surface area contributed by atoms with Crippen LogP contribution >= 0.6 is 0 Å². The molecule has 0 radical (unpaired) electrons. The lowest BCUT2D eigenvalue weighted by molar-refractivity contribution is -0.143. The van der Waals surface area contributed by atoms with Crippen LogP contribution in [-0.4, -0.2) is 36.8 Å². The van der Waals surface area contributed by atoms with Gasteiger partial charge in [-0.2, -0.15) is 39.5 Å². The van der Waals surface area contributed by atoms with Crippen molar-refractivity contribution in [2.75, 3.05) is 18.6 Å². The largest absolute Gasteiger partial charge is 0.453 e. The van der Waals surface area contributed by atoms with E-state index in [1.165, 1.54) is 13.8 Å².